The van der Waals surface area contributed by atoms with Gasteiger partial charge >= 0.3 is 6.18 Å². The van der Waals surface area contributed by atoms with Crippen molar-refractivity contribution in [1.82, 2.24) is 10.3 Å². The maximum Gasteiger partial charge on any atom is 0.422 e. The van der Waals surface area contributed by atoms with Gasteiger partial charge in [-0.05, 0) is 36.1 Å². The van der Waals surface area contributed by atoms with Crippen LogP contribution in [0.3, 0.4) is 0 Å². The number of ether oxygens (including phenoxy) is 2. The summed E-state index contributed by atoms with van der Waals surface area (Å²) in [7, 11) is 1.48. The van der Waals surface area contributed by atoms with Crippen LogP contribution < -0.4 is 14.8 Å². The number of hydrogen-bond acceptors (Lipinski definition) is 4. The monoisotopic (exact) mass is 410 g/mol. The first kappa shape index (κ1) is 22.5. The highest BCUT2D eigenvalue weighted by molar-refractivity contribution is 5.97. The predicted molar refractivity (Wildman–Crippen MR) is 103 cm³/mol. The number of aromatic nitrogens is 1. The maximum absolute atomic E-state index is 12.8. The number of amides is 1. The van der Waals surface area contributed by atoms with Crippen molar-refractivity contribution in [3.63, 3.8) is 0 Å². The summed E-state index contributed by atoms with van der Waals surface area (Å²) in [5.74, 6) is -0.171. The number of alkyl halides is 3. The van der Waals surface area contributed by atoms with Gasteiger partial charge in [-0.25, -0.2) is 4.98 Å². The zero-order valence-corrected chi connectivity index (χ0v) is 17.1. The van der Waals surface area contributed by atoms with E-state index in [0.717, 1.165) is 5.56 Å². The van der Waals surface area contributed by atoms with Crippen LogP contribution in [0.25, 0.3) is 0 Å². The number of nitrogens with zero attached hydrogens (tertiary/aromatic N) is 1. The van der Waals surface area contributed by atoms with Gasteiger partial charge in [-0.15, -0.1) is 0 Å². The van der Waals surface area contributed by atoms with Gasteiger partial charge in [0.1, 0.15) is 5.75 Å². The van der Waals surface area contributed by atoms with Crippen LogP contribution >= 0.6 is 0 Å². The second kappa shape index (κ2) is 8.71. The highest BCUT2D eigenvalue weighted by Gasteiger charge is 2.29. The highest BCUT2D eigenvalue weighted by Crippen LogP contribution is 2.30. The molecule has 158 valence electrons. The van der Waals surface area contributed by atoms with Crippen molar-refractivity contribution in [2.45, 2.75) is 45.3 Å². The number of benzene rings is 1. The zero-order valence-electron chi connectivity index (χ0n) is 17.1. The van der Waals surface area contributed by atoms with Crippen molar-refractivity contribution >= 4 is 5.91 Å². The number of carbonyl (C=O) groups excluding carboxylic acids is 1. The molecule has 1 atom stereocenters. The molecule has 1 amide bonds. The van der Waals surface area contributed by atoms with Crippen molar-refractivity contribution in [2.24, 2.45) is 0 Å². The third-order valence-electron chi connectivity index (χ3n) is 4.30. The lowest BCUT2D eigenvalue weighted by atomic mass is 9.86. The summed E-state index contributed by atoms with van der Waals surface area (Å²) in [6.45, 7) is 6.34. The molecular weight excluding hydrogens is 385 g/mol. The molecule has 2 rings (SSSR count). The van der Waals surface area contributed by atoms with E-state index < -0.39 is 24.7 Å². The van der Waals surface area contributed by atoms with Crippen LogP contribution in [0.2, 0.25) is 0 Å². The van der Waals surface area contributed by atoms with Crippen molar-refractivity contribution in [3.05, 3.63) is 53.2 Å². The van der Waals surface area contributed by atoms with Crippen molar-refractivity contribution < 1.29 is 27.4 Å². The Kier molecular flexibility index (Phi) is 6.77. The quantitative estimate of drug-likeness (QED) is 0.742. The smallest absolute Gasteiger partial charge is 0.422 e. The van der Waals surface area contributed by atoms with Gasteiger partial charge < -0.3 is 14.8 Å². The number of halogens is 3. The van der Waals surface area contributed by atoms with E-state index in [1.807, 2.05) is 12.1 Å². The summed E-state index contributed by atoms with van der Waals surface area (Å²) in [4.78, 5) is 16.6. The fourth-order valence-corrected chi connectivity index (χ4v) is 2.70. The van der Waals surface area contributed by atoms with Crippen molar-refractivity contribution in [3.8, 4) is 11.6 Å². The number of carbonyl (C=O) groups is 1. The first-order valence-electron chi connectivity index (χ1n) is 9.06. The van der Waals surface area contributed by atoms with Crippen LogP contribution in [-0.2, 0) is 5.41 Å². The van der Waals surface area contributed by atoms with Crippen LogP contribution in [0.5, 0.6) is 11.6 Å². The molecule has 0 spiro atoms. The molecule has 0 aliphatic carbocycles. The van der Waals surface area contributed by atoms with Crippen LogP contribution in [0.4, 0.5) is 13.2 Å². The van der Waals surface area contributed by atoms with Gasteiger partial charge in [-0.1, -0.05) is 32.9 Å². The molecule has 0 aliphatic heterocycles. The molecule has 2 aromatic rings. The number of nitrogens with one attached hydrogen (secondary N) is 1. The molecule has 0 saturated carbocycles. The second-order valence-corrected chi connectivity index (χ2v) is 7.66. The Labute approximate surface area is 168 Å². The summed E-state index contributed by atoms with van der Waals surface area (Å²) in [6, 6.07) is 7.82. The molecule has 0 radical (unpaired) electrons. The Hall–Kier alpha value is -2.77. The lowest BCUT2D eigenvalue weighted by molar-refractivity contribution is -0.154. The van der Waals surface area contributed by atoms with E-state index in [1.54, 1.807) is 25.1 Å². The SMILES string of the molecule is COc1cc(C(C)(C)C)ccc1C(=O)N[C@H](C)c1cccnc1OCC(F)(F)F. The molecule has 1 aromatic carbocycles. The molecule has 1 aromatic heterocycles. The normalized spacial score (nSPS) is 13.0. The Balaban J connectivity index is 2.22. The Morgan fingerprint density at radius 3 is 2.48 bits per heavy atom. The average Bonchev–Trinajstić information content (AvgIpc) is 2.64. The predicted octanol–water partition coefficient (Wildman–Crippen LogP) is 4.82. The lowest BCUT2D eigenvalue weighted by Gasteiger charge is -2.22. The van der Waals surface area contributed by atoms with Gasteiger partial charge in [0.05, 0.1) is 18.7 Å². The molecule has 29 heavy (non-hydrogen) atoms. The molecule has 0 unspecified atom stereocenters. The topological polar surface area (TPSA) is 60.5 Å². The number of pyridine rings is 1. The van der Waals surface area contributed by atoms with E-state index in [4.69, 9.17) is 9.47 Å². The summed E-state index contributed by atoms with van der Waals surface area (Å²) in [5, 5.41) is 2.76. The van der Waals surface area contributed by atoms with Crippen LogP contribution in [-0.4, -0.2) is 30.8 Å². The van der Waals surface area contributed by atoms with Gasteiger partial charge in [-0.2, -0.15) is 13.2 Å². The third kappa shape index (κ3) is 6.10. The molecule has 0 aliphatic rings. The first-order chi connectivity index (χ1) is 13.4. The Morgan fingerprint density at radius 1 is 1.21 bits per heavy atom. The number of rotatable bonds is 6. The van der Waals surface area contributed by atoms with Crippen LogP contribution in [0, 0.1) is 0 Å². The third-order valence-corrected chi connectivity index (χ3v) is 4.30. The van der Waals surface area contributed by atoms with E-state index in [2.05, 4.69) is 31.1 Å². The van der Waals surface area contributed by atoms with E-state index in [0.29, 0.717) is 16.9 Å². The van der Waals surface area contributed by atoms with E-state index in [9.17, 15) is 18.0 Å². The standard InChI is InChI=1S/C21H25F3N2O3/c1-13(15-7-6-10-25-19(15)29-12-21(22,23)24)26-18(27)16-9-8-14(20(2,3)4)11-17(16)28-5/h6-11,13H,12H2,1-5H3,(H,26,27)/t13-/m1/s1. The van der Waals surface area contributed by atoms with Crippen molar-refractivity contribution in [2.75, 3.05) is 13.7 Å². The molecule has 1 N–H and O–H groups in total. The molecule has 1 heterocycles. The minimum absolute atomic E-state index is 0.115. The van der Waals surface area contributed by atoms with Crippen molar-refractivity contribution in [1.29, 1.82) is 0 Å². The van der Waals surface area contributed by atoms with Gasteiger partial charge in [0.15, 0.2) is 6.61 Å². The summed E-state index contributed by atoms with van der Waals surface area (Å²) in [6.07, 6.45) is -3.15. The van der Waals surface area contributed by atoms with Gasteiger partial charge in [0.25, 0.3) is 5.91 Å². The maximum atomic E-state index is 12.8. The summed E-state index contributed by atoms with van der Waals surface area (Å²) >= 11 is 0. The van der Waals surface area contributed by atoms with Gasteiger partial charge in [-0.3, -0.25) is 4.79 Å². The van der Waals surface area contributed by atoms with Crippen LogP contribution in [0.1, 0.15) is 55.2 Å². The second-order valence-electron chi connectivity index (χ2n) is 7.66. The van der Waals surface area contributed by atoms with E-state index in [-0.39, 0.29) is 11.3 Å². The Bertz CT molecular complexity index is 861. The molecule has 5 nitrogen and oxygen atoms in total. The van der Waals surface area contributed by atoms with Gasteiger partial charge in [0, 0.05) is 11.8 Å². The lowest BCUT2D eigenvalue weighted by Crippen LogP contribution is -2.28. The summed E-state index contributed by atoms with van der Waals surface area (Å²) in [5.41, 5.74) is 1.56. The number of hydrogen-bond donors (Lipinski definition) is 1. The molecule has 0 bridgehead atoms. The van der Waals surface area contributed by atoms with E-state index in [1.165, 1.54) is 13.3 Å². The van der Waals surface area contributed by atoms with Gasteiger partial charge in [0.2, 0.25) is 5.88 Å². The highest BCUT2D eigenvalue weighted by atomic mass is 19.4. The minimum Gasteiger partial charge on any atom is -0.496 e. The molecule has 0 fully saturated rings. The molecule has 8 heteroatoms. The fraction of sp³-hybridized carbons (Fsp3) is 0.429. The largest absolute Gasteiger partial charge is 0.496 e. The zero-order chi connectivity index (χ0) is 21.8. The number of methoxy groups -OCH3 is 1. The summed E-state index contributed by atoms with van der Waals surface area (Å²) < 4.78 is 47.6. The van der Waals surface area contributed by atoms with E-state index >= 15 is 0 Å². The van der Waals surface area contributed by atoms with Crippen LogP contribution in [0.15, 0.2) is 36.5 Å². The average molecular weight is 410 g/mol. The molecular formula is C21H25F3N2O3. The first-order valence-corrected chi connectivity index (χ1v) is 9.06. The fourth-order valence-electron chi connectivity index (χ4n) is 2.70. The molecule has 0 saturated heterocycles. The Morgan fingerprint density at radius 2 is 1.90 bits per heavy atom. The minimum atomic E-state index is -4.48.